The fourth-order valence-electron chi connectivity index (χ4n) is 1.80. The van der Waals surface area contributed by atoms with Gasteiger partial charge in [-0.15, -0.1) is 11.3 Å². The first-order valence-corrected chi connectivity index (χ1v) is 6.87. The van der Waals surface area contributed by atoms with E-state index in [2.05, 4.69) is 4.98 Å². The lowest BCUT2D eigenvalue weighted by atomic mass is 10.1. The molecule has 0 saturated heterocycles. The van der Waals surface area contributed by atoms with E-state index >= 15 is 0 Å². The largest absolute Gasteiger partial charge is 0.336 e. The molecule has 0 saturated carbocycles. The maximum Gasteiger partial charge on any atom is 0.305 e. The number of amides is 1. The third kappa shape index (κ3) is 3.40. The van der Waals surface area contributed by atoms with Gasteiger partial charge >= 0.3 is 5.69 Å². The number of halogens is 1. The summed E-state index contributed by atoms with van der Waals surface area (Å²) >= 11 is 1.47. The molecule has 6 nitrogen and oxygen atoms in total. The van der Waals surface area contributed by atoms with Gasteiger partial charge in [-0.1, -0.05) is 0 Å². The molecule has 1 aromatic carbocycles. The highest BCUT2D eigenvalue weighted by molar-refractivity contribution is 7.09. The van der Waals surface area contributed by atoms with Crippen LogP contribution in [0.1, 0.15) is 21.1 Å². The summed E-state index contributed by atoms with van der Waals surface area (Å²) in [6.07, 6.45) is 0. The van der Waals surface area contributed by atoms with Gasteiger partial charge in [-0.2, -0.15) is 4.39 Å². The molecule has 2 aromatic rings. The standard InChI is InChI=1S/C13H12FN3O3S/c1-8-15-10(7-21-8)6-16(2)13(18)9-3-4-11(14)12(5-9)17(19)20/h3-5,7H,6H2,1-2H3. The van der Waals surface area contributed by atoms with E-state index in [1.807, 2.05) is 12.3 Å². The molecule has 2 rings (SSSR count). The van der Waals surface area contributed by atoms with Crippen molar-refractivity contribution in [3.8, 4) is 0 Å². The Morgan fingerprint density at radius 3 is 2.81 bits per heavy atom. The normalized spacial score (nSPS) is 10.4. The first-order chi connectivity index (χ1) is 9.88. The van der Waals surface area contributed by atoms with Crippen LogP contribution in [0.3, 0.4) is 0 Å². The molecule has 110 valence electrons. The average Bonchev–Trinajstić information content (AvgIpc) is 2.83. The van der Waals surface area contributed by atoms with Gasteiger partial charge in [-0.05, 0) is 19.1 Å². The second-order valence-corrected chi connectivity index (χ2v) is 5.50. The number of rotatable bonds is 4. The zero-order valence-corrected chi connectivity index (χ0v) is 12.2. The van der Waals surface area contributed by atoms with Gasteiger partial charge in [0, 0.05) is 24.1 Å². The maximum atomic E-state index is 13.3. The molecular weight excluding hydrogens is 297 g/mol. The quantitative estimate of drug-likeness (QED) is 0.643. The Morgan fingerprint density at radius 2 is 2.24 bits per heavy atom. The number of hydrogen-bond acceptors (Lipinski definition) is 5. The summed E-state index contributed by atoms with van der Waals surface area (Å²) in [6.45, 7) is 2.15. The highest BCUT2D eigenvalue weighted by atomic mass is 32.1. The fraction of sp³-hybridized carbons (Fsp3) is 0.231. The Kier molecular flexibility index (Phi) is 4.27. The van der Waals surface area contributed by atoms with Crippen LogP contribution in [0, 0.1) is 22.9 Å². The van der Waals surface area contributed by atoms with Crippen molar-refractivity contribution in [1.29, 1.82) is 0 Å². The third-order valence-electron chi connectivity index (χ3n) is 2.80. The van der Waals surface area contributed by atoms with Crippen LogP contribution in [0.5, 0.6) is 0 Å². The van der Waals surface area contributed by atoms with Crippen LogP contribution in [0.4, 0.5) is 10.1 Å². The van der Waals surface area contributed by atoms with Gasteiger partial charge < -0.3 is 4.90 Å². The topological polar surface area (TPSA) is 76.3 Å². The Labute approximate surface area is 124 Å². The number of nitro benzene ring substituents is 1. The highest BCUT2D eigenvalue weighted by Gasteiger charge is 2.20. The number of nitro groups is 1. The van der Waals surface area contributed by atoms with E-state index in [1.165, 1.54) is 22.3 Å². The number of thiazole rings is 1. The first-order valence-electron chi connectivity index (χ1n) is 5.99. The van der Waals surface area contributed by atoms with E-state index in [4.69, 9.17) is 0 Å². The summed E-state index contributed by atoms with van der Waals surface area (Å²) < 4.78 is 13.3. The molecule has 0 aliphatic rings. The van der Waals surface area contributed by atoms with Crippen LogP contribution in [0.2, 0.25) is 0 Å². The minimum Gasteiger partial charge on any atom is -0.336 e. The Bertz CT molecular complexity index is 702. The van der Waals surface area contributed by atoms with Gasteiger partial charge in [0.2, 0.25) is 5.82 Å². The monoisotopic (exact) mass is 309 g/mol. The summed E-state index contributed by atoms with van der Waals surface area (Å²) in [6, 6.07) is 3.10. The first kappa shape index (κ1) is 15.0. The molecule has 1 aromatic heterocycles. The lowest BCUT2D eigenvalue weighted by Crippen LogP contribution is -2.26. The van der Waals surface area contributed by atoms with Crippen LogP contribution >= 0.6 is 11.3 Å². The maximum absolute atomic E-state index is 13.3. The second kappa shape index (κ2) is 5.96. The summed E-state index contributed by atoms with van der Waals surface area (Å²) in [5.41, 5.74) is 0.0984. The second-order valence-electron chi connectivity index (χ2n) is 4.44. The molecule has 0 aliphatic heterocycles. The van der Waals surface area contributed by atoms with E-state index in [0.29, 0.717) is 0 Å². The van der Waals surface area contributed by atoms with Crippen molar-refractivity contribution in [3.63, 3.8) is 0 Å². The number of aromatic nitrogens is 1. The molecule has 0 bridgehead atoms. The molecule has 21 heavy (non-hydrogen) atoms. The zero-order chi connectivity index (χ0) is 15.6. The number of nitrogens with zero attached hydrogens (tertiary/aromatic N) is 3. The summed E-state index contributed by atoms with van der Waals surface area (Å²) in [7, 11) is 1.56. The van der Waals surface area contributed by atoms with Crippen LogP contribution < -0.4 is 0 Å². The van der Waals surface area contributed by atoms with Gasteiger partial charge in [0.15, 0.2) is 0 Å². The van der Waals surface area contributed by atoms with Gasteiger partial charge in [0.1, 0.15) is 0 Å². The molecule has 0 N–H and O–H groups in total. The van der Waals surface area contributed by atoms with E-state index in [0.717, 1.165) is 22.8 Å². The minimum atomic E-state index is -0.964. The van der Waals surface area contributed by atoms with Gasteiger partial charge in [-0.25, -0.2) is 4.98 Å². The smallest absolute Gasteiger partial charge is 0.305 e. The minimum absolute atomic E-state index is 0.0672. The number of hydrogen-bond donors (Lipinski definition) is 0. The van der Waals surface area contributed by atoms with E-state index in [-0.39, 0.29) is 12.1 Å². The van der Waals surface area contributed by atoms with Crippen molar-refractivity contribution in [2.24, 2.45) is 0 Å². The molecular formula is C13H12FN3O3S. The molecule has 0 spiro atoms. The summed E-state index contributed by atoms with van der Waals surface area (Å²) in [5, 5.41) is 13.4. The van der Waals surface area contributed by atoms with Gasteiger partial charge in [-0.3, -0.25) is 14.9 Å². The van der Waals surface area contributed by atoms with Crippen LogP contribution in [0.15, 0.2) is 23.6 Å². The molecule has 8 heteroatoms. The molecule has 1 amide bonds. The van der Waals surface area contributed by atoms with Crippen molar-refractivity contribution in [1.82, 2.24) is 9.88 Å². The predicted molar refractivity (Wildman–Crippen MR) is 75.7 cm³/mol. The molecule has 0 unspecified atom stereocenters. The Balaban J connectivity index is 2.19. The summed E-state index contributed by atoms with van der Waals surface area (Å²) in [5.74, 6) is -1.39. The number of benzene rings is 1. The van der Waals surface area contributed by atoms with Crippen LogP contribution in [-0.4, -0.2) is 27.8 Å². The lowest BCUT2D eigenvalue weighted by Gasteiger charge is -2.15. The molecule has 0 radical (unpaired) electrons. The Morgan fingerprint density at radius 1 is 1.52 bits per heavy atom. The fourth-order valence-corrected chi connectivity index (χ4v) is 2.41. The number of carbonyl (C=O) groups excluding carboxylic acids is 1. The molecule has 0 atom stereocenters. The molecule has 1 heterocycles. The van der Waals surface area contributed by atoms with Crippen molar-refractivity contribution in [2.45, 2.75) is 13.5 Å². The van der Waals surface area contributed by atoms with Crippen LogP contribution in [-0.2, 0) is 6.54 Å². The van der Waals surface area contributed by atoms with E-state index < -0.39 is 22.3 Å². The number of carbonyl (C=O) groups is 1. The lowest BCUT2D eigenvalue weighted by molar-refractivity contribution is -0.387. The predicted octanol–water partition coefficient (Wildman–Crippen LogP) is 2.77. The van der Waals surface area contributed by atoms with E-state index in [9.17, 15) is 19.3 Å². The Hall–Kier alpha value is -2.35. The van der Waals surface area contributed by atoms with E-state index in [1.54, 1.807) is 7.05 Å². The van der Waals surface area contributed by atoms with Crippen molar-refractivity contribution in [2.75, 3.05) is 7.05 Å². The van der Waals surface area contributed by atoms with Crippen molar-refractivity contribution >= 4 is 22.9 Å². The van der Waals surface area contributed by atoms with Crippen molar-refractivity contribution in [3.05, 3.63) is 55.8 Å². The third-order valence-corrected chi connectivity index (χ3v) is 3.62. The molecule has 0 aliphatic carbocycles. The van der Waals surface area contributed by atoms with Gasteiger partial charge in [0.25, 0.3) is 5.91 Å². The zero-order valence-electron chi connectivity index (χ0n) is 11.4. The summed E-state index contributed by atoms with van der Waals surface area (Å²) in [4.78, 5) is 27.7. The number of aryl methyl sites for hydroxylation is 1. The van der Waals surface area contributed by atoms with Gasteiger partial charge in [0.05, 0.1) is 22.2 Å². The van der Waals surface area contributed by atoms with Crippen molar-refractivity contribution < 1.29 is 14.1 Å². The SMILES string of the molecule is Cc1nc(CN(C)C(=O)c2ccc(F)c([N+](=O)[O-])c2)cs1. The molecule has 0 fully saturated rings. The average molecular weight is 309 g/mol. The van der Waals surface area contributed by atoms with Crippen LogP contribution in [0.25, 0.3) is 0 Å². The highest BCUT2D eigenvalue weighted by Crippen LogP contribution is 2.20.